The summed E-state index contributed by atoms with van der Waals surface area (Å²) in [5, 5.41) is 6.59. The van der Waals surface area contributed by atoms with E-state index in [0.29, 0.717) is 0 Å². The first-order valence-electron chi connectivity index (χ1n) is 18.7. The molecule has 0 N–H and O–H groups in total. The summed E-state index contributed by atoms with van der Waals surface area (Å²) in [6.45, 7) is 2.08. The quantitative estimate of drug-likeness (QED) is 0.169. The molecule has 7 aromatic carbocycles. The topological polar surface area (TPSA) is 64.1 Å². The van der Waals surface area contributed by atoms with E-state index in [1.54, 1.807) is 0 Å². The van der Waals surface area contributed by atoms with Gasteiger partial charge in [0.25, 0.3) is 0 Å². The van der Waals surface area contributed by atoms with E-state index in [4.69, 9.17) is 23.2 Å². The molecule has 0 saturated heterocycles. The minimum atomic E-state index is -0.738. The van der Waals surface area contributed by atoms with Crippen LogP contribution in [0.5, 0.6) is 0 Å². The van der Waals surface area contributed by atoms with Gasteiger partial charge in [-0.1, -0.05) is 97.1 Å². The van der Waals surface area contributed by atoms with E-state index >= 15 is 0 Å². The van der Waals surface area contributed by atoms with Gasteiger partial charge in [-0.15, -0.1) is 0 Å². The highest BCUT2D eigenvalue weighted by Gasteiger charge is 2.50. The molecule has 2 unspecified atom stereocenters. The Labute approximate surface area is 309 Å². The lowest BCUT2D eigenvalue weighted by Gasteiger charge is -2.46. The summed E-state index contributed by atoms with van der Waals surface area (Å²) in [7, 11) is 0. The second-order valence-corrected chi connectivity index (χ2v) is 14.8. The molecule has 4 heterocycles. The standard InChI is InChI=1S/C49H32N2O3/c1-28(29-11-3-2-4-12-29)50-48-34-15-9-19-42-46(34)47-37(16-10-20-43(47)54-42)49(31-22-23-41-36(26-31)33-14-6-7-17-39(33)52-41)38-27-44-35(25-30(38)21-24-45(49)51-48)32-13-5-8-18-40(32)53-44/h2-20,22-23,25-27,45H,21,24H2,1H3/b50-28+,51-48-. The van der Waals surface area contributed by atoms with Crippen LogP contribution in [0.4, 0.5) is 0 Å². The molecule has 3 aromatic heterocycles. The van der Waals surface area contributed by atoms with Gasteiger partial charge in [0.1, 0.15) is 33.5 Å². The van der Waals surface area contributed by atoms with E-state index in [9.17, 15) is 0 Å². The fourth-order valence-corrected chi connectivity index (χ4v) is 9.63. The fourth-order valence-electron chi connectivity index (χ4n) is 9.63. The Balaban J connectivity index is 1.26. The molecule has 256 valence electrons. The highest BCUT2D eigenvalue weighted by molar-refractivity contribution is 6.22. The maximum Gasteiger partial charge on any atom is 0.155 e. The second kappa shape index (κ2) is 10.9. The van der Waals surface area contributed by atoms with Crippen molar-refractivity contribution in [2.45, 2.75) is 31.2 Å². The maximum atomic E-state index is 6.74. The summed E-state index contributed by atoms with van der Waals surface area (Å²) < 4.78 is 19.8. The van der Waals surface area contributed by atoms with E-state index in [1.165, 1.54) is 16.7 Å². The van der Waals surface area contributed by atoms with Crippen LogP contribution in [0.15, 0.2) is 169 Å². The van der Waals surface area contributed by atoms with Crippen molar-refractivity contribution in [1.29, 1.82) is 0 Å². The number of aryl methyl sites for hydroxylation is 1. The molecule has 2 aliphatic rings. The number of benzene rings is 7. The van der Waals surface area contributed by atoms with Crippen molar-refractivity contribution in [3.8, 4) is 0 Å². The Morgan fingerprint density at radius 1 is 0.574 bits per heavy atom. The van der Waals surface area contributed by atoms with Crippen molar-refractivity contribution in [2.75, 3.05) is 0 Å². The Morgan fingerprint density at radius 2 is 1.22 bits per heavy atom. The van der Waals surface area contributed by atoms with Crippen molar-refractivity contribution in [3.05, 3.63) is 179 Å². The van der Waals surface area contributed by atoms with Crippen molar-refractivity contribution in [3.63, 3.8) is 0 Å². The molecule has 2 atom stereocenters. The number of nitrogens with zero attached hydrogens (tertiary/aromatic N) is 2. The van der Waals surface area contributed by atoms with E-state index in [0.717, 1.165) is 107 Å². The van der Waals surface area contributed by atoms with Crippen LogP contribution in [0.2, 0.25) is 0 Å². The lowest BCUT2D eigenvalue weighted by Crippen LogP contribution is -2.45. The maximum absolute atomic E-state index is 6.74. The summed E-state index contributed by atoms with van der Waals surface area (Å²) in [5.41, 5.74) is 12.2. The number of amidine groups is 1. The van der Waals surface area contributed by atoms with E-state index in [1.807, 2.05) is 24.3 Å². The van der Waals surface area contributed by atoms with Gasteiger partial charge >= 0.3 is 0 Å². The van der Waals surface area contributed by atoms with Gasteiger partial charge in [0.15, 0.2) is 5.84 Å². The molecule has 0 fully saturated rings. The van der Waals surface area contributed by atoms with Gasteiger partial charge in [0.05, 0.1) is 11.5 Å². The van der Waals surface area contributed by atoms with Crippen LogP contribution in [-0.4, -0.2) is 17.6 Å². The number of rotatable bonds is 2. The van der Waals surface area contributed by atoms with Gasteiger partial charge in [-0.2, -0.15) is 0 Å². The monoisotopic (exact) mass is 696 g/mol. The minimum Gasteiger partial charge on any atom is -0.456 e. The van der Waals surface area contributed by atoms with Gasteiger partial charge in [-0.25, -0.2) is 4.99 Å². The van der Waals surface area contributed by atoms with E-state index < -0.39 is 5.41 Å². The summed E-state index contributed by atoms with van der Waals surface area (Å²) in [6.07, 6.45) is 1.69. The fraction of sp³-hybridized carbons (Fsp3) is 0.102. The normalized spacial score (nSPS) is 19.4. The molecule has 1 aliphatic heterocycles. The minimum absolute atomic E-state index is 0.214. The Bertz CT molecular complexity index is 3250. The van der Waals surface area contributed by atoms with Crippen molar-refractivity contribution in [1.82, 2.24) is 0 Å². The molecule has 0 bridgehead atoms. The number of hydrogen-bond acceptors (Lipinski definition) is 5. The molecular weight excluding hydrogens is 665 g/mol. The first-order chi connectivity index (χ1) is 26.6. The molecular formula is C49H32N2O3. The largest absolute Gasteiger partial charge is 0.456 e. The molecule has 10 aromatic rings. The SMILES string of the molecule is C/C(=N\C1=N/C2CCc3cc4c(cc3C2(c2ccc3oc5ccccc5c3c2)c2cccc3oc5cccc1c5c23)oc1ccccc14)c1ccccc1. The molecule has 5 heteroatoms. The molecule has 1 aliphatic carbocycles. The molecule has 5 nitrogen and oxygen atoms in total. The van der Waals surface area contributed by atoms with Gasteiger partial charge < -0.3 is 13.3 Å². The number of fused-ring (bicyclic) bond motifs is 10. The van der Waals surface area contributed by atoms with Gasteiger partial charge in [-0.3, -0.25) is 4.99 Å². The predicted molar refractivity (Wildman–Crippen MR) is 218 cm³/mol. The van der Waals surface area contributed by atoms with Crippen LogP contribution in [-0.2, 0) is 11.8 Å². The summed E-state index contributed by atoms with van der Waals surface area (Å²) in [4.78, 5) is 11.2. The van der Waals surface area contributed by atoms with Crippen LogP contribution >= 0.6 is 0 Å². The average molecular weight is 697 g/mol. The van der Waals surface area contributed by atoms with Crippen LogP contribution in [0.1, 0.15) is 46.7 Å². The number of furan rings is 3. The molecule has 0 saturated carbocycles. The van der Waals surface area contributed by atoms with Gasteiger partial charge in [0, 0.05) is 43.6 Å². The zero-order valence-electron chi connectivity index (χ0n) is 29.5. The van der Waals surface area contributed by atoms with Gasteiger partial charge in [-0.05, 0) is 96.1 Å². The van der Waals surface area contributed by atoms with Crippen LogP contribution in [0.3, 0.4) is 0 Å². The van der Waals surface area contributed by atoms with Crippen molar-refractivity contribution < 1.29 is 13.3 Å². The average Bonchev–Trinajstić information content (AvgIpc) is 3.90. The first kappa shape index (κ1) is 29.8. The molecule has 12 rings (SSSR count). The summed E-state index contributed by atoms with van der Waals surface area (Å²) in [6, 6.07) is 51.1. The highest BCUT2D eigenvalue weighted by Crippen LogP contribution is 2.55. The van der Waals surface area contributed by atoms with Crippen LogP contribution in [0.25, 0.3) is 65.8 Å². The lowest BCUT2D eigenvalue weighted by atomic mass is 9.58. The molecule has 0 amide bonds. The lowest BCUT2D eigenvalue weighted by molar-refractivity contribution is 0.424. The number of hydrogen-bond donors (Lipinski definition) is 0. The Morgan fingerprint density at radius 3 is 2.04 bits per heavy atom. The van der Waals surface area contributed by atoms with Crippen molar-refractivity contribution >= 4 is 77.4 Å². The third kappa shape index (κ3) is 3.98. The third-order valence-electron chi connectivity index (χ3n) is 12.0. The second-order valence-electron chi connectivity index (χ2n) is 14.8. The van der Waals surface area contributed by atoms with Crippen LogP contribution in [0, 0.1) is 0 Å². The Hall–Kier alpha value is -6.72. The van der Waals surface area contributed by atoms with Crippen LogP contribution < -0.4 is 0 Å². The third-order valence-corrected chi connectivity index (χ3v) is 12.0. The predicted octanol–water partition coefficient (Wildman–Crippen LogP) is 12.3. The zero-order chi connectivity index (χ0) is 35.5. The molecule has 54 heavy (non-hydrogen) atoms. The smallest absolute Gasteiger partial charge is 0.155 e. The molecule has 0 radical (unpaired) electrons. The van der Waals surface area contributed by atoms with Gasteiger partial charge in [0.2, 0.25) is 0 Å². The summed E-state index contributed by atoms with van der Waals surface area (Å²) in [5.74, 6) is 0.719. The number of aliphatic imine (C=N–C) groups is 2. The number of para-hydroxylation sites is 2. The summed E-state index contributed by atoms with van der Waals surface area (Å²) >= 11 is 0. The Kier molecular flexibility index (Phi) is 6.02. The first-order valence-corrected chi connectivity index (χ1v) is 18.7. The van der Waals surface area contributed by atoms with Crippen molar-refractivity contribution in [2.24, 2.45) is 9.98 Å². The zero-order valence-corrected chi connectivity index (χ0v) is 29.5. The highest BCUT2D eigenvalue weighted by atomic mass is 16.3. The molecule has 0 spiro atoms. The van der Waals surface area contributed by atoms with E-state index in [-0.39, 0.29) is 6.04 Å². The van der Waals surface area contributed by atoms with E-state index in [2.05, 4.69) is 128 Å².